The molecule has 0 aliphatic carbocycles. The molecule has 2 aromatic heterocycles. The average Bonchev–Trinajstić information content (AvgIpc) is 3.01. The number of nitrogens with zero attached hydrogens (tertiary/aromatic N) is 3. The minimum Gasteiger partial charge on any atom is -0.387 e. The van der Waals surface area contributed by atoms with Crippen molar-refractivity contribution in [1.82, 2.24) is 20.1 Å². The zero-order valence-corrected chi connectivity index (χ0v) is 12.1. The van der Waals surface area contributed by atoms with Gasteiger partial charge in [0.25, 0.3) is 0 Å². The maximum Gasteiger partial charge on any atom is 0.321 e. The largest absolute Gasteiger partial charge is 0.387 e. The third-order valence-corrected chi connectivity index (χ3v) is 3.74. The summed E-state index contributed by atoms with van der Waals surface area (Å²) in [6.45, 7) is 1.84. The smallest absolute Gasteiger partial charge is 0.321 e. The molecule has 0 aliphatic rings. The van der Waals surface area contributed by atoms with Gasteiger partial charge < -0.3 is 10.4 Å². The quantitative estimate of drug-likeness (QED) is 0.779. The Morgan fingerprint density at radius 2 is 2.40 bits per heavy atom. The zero-order chi connectivity index (χ0) is 14.5. The minimum absolute atomic E-state index is 0.166. The van der Waals surface area contributed by atoms with Crippen LogP contribution in [0.5, 0.6) is 0 Å². The highest BCUT2D eigenvalue weighted by Crippen LogP contribution is 2.22. The van der Waals surface area contributed by atoms with E-state index in [1.165, 1.54) is 22.3 Å². The van der Waals surface area contributed by atoms with Crippen molar-refractivity contribution in [3.63, 3.8) is 0 Å². The molecule has 0 saturated carbocycles. The van der Waals surface area contributed by atoms with E-state index >= 15 is 0 Å². The first kappa shape index (κ1) is 14.5. The van der Waals surface area contributed by atoms with Gasteiger partial charge in [-0.1, -0.05) is 6.07 Å². The fourth-order valence-electron chi connectivity index (χ4n) is 1.76. The molecule has 0 bridgehead atoms. The second kappa shape index (κ2) is 6.49. The zero-order valence-electron chi connectivity index (χ0n) is 11.3. The standard InChI is InChI=1S/C12H17N5O2S/c1-8(6-9(18)10-4-3-5-20-10)15-12(19)16-11-13-7-14-17(11)2/h3-5,7-9,18H,6H2,1-2H3,(H2,13,14,15,16,19). The second-order valence-electron chi connectivity index (χ2n) is 4.47. The summed E-state index contributed by atoms with van der Waals surface area (Å²) >= 11 is 1.50. The van der Waals surface area contributed by atoms with E-state index in [1.54, 1.807) is 7.05 Å². The molecule has 0 fully saturated rings. The lowest BCUT2D eigenvalue weighted by molar-refractivity contribution is 0.158. The van der Waals surface area contributed by atoms with Crippen LogP contribution in [0.15, 0.2) is 23.8 Å². The van der Waals surface area contributed by atoms with Crippen molar-refractivity contribution in [2.24, 2.45) is 7.05 Å². The van der Waals surface area contributed by atoms with Crippen molar-refractivity contribution >= 4 is 23.3 Å². The number of nitrogens with one attached hydrogen (secondary N) is 2. The molecule has 3 N–H and O–H groups in total. The highest BCUT2D eigenvalue weighted by molar-refractivity contribution is 7.10. The molecule has 0 saturated heterocycles. The number of aromatic nitrogens is 3. The molecular weight excluding hydrogens is 278 g/mol. The van der Waals surface area contributed by atoms with Crippen LogP contribution in [0.1, 0.15) is 24.3 Å². The number of carbonyl (C=O) groups excluding carboxylic acids is 1. The fourth-order valence-corrected chi connectivity index (χ4v) is 2.49. The molecule has 2 unspecified atom stereocenters. The molecule has 7 nitrogen and oxygen atoms in total. The van der Waals surface area contributed by atoms with Crippen molar-refractivity contribution in [3.05, 3.63) is 28.7 Å². The molecule has 2 heterocycles. The van der Waals surface area contributed by atoms with E-state index in [4.69, 9.17) is 0 Å². The topological polar surface area (TPSA) is 92.1 Å². The number of aliphatic hydroxyl groups excluding tert-OH is 1. The number of hydrogen-bond acceptors (Lipinski definition) is 5. The van der Waals surface area contributed by atoms with Gasteiger partial charge in [0.1, 0.15) is 6.33 Å². The number of carbonyl (C=O) groups is 1. The first-order valence-corrected chi connectivity index (χ1v) is 7.07. The Morgan fingerprint density at radius 3 is 3.00 bits per heavy atom. The lowest BCUT2D eigenvalue weighted by atomic mass is 10.1. The predicted molar refractivity (Wildman–Crippen MR) is 76.5 cm³/mol. The highest BCUT2D eigenvalue weighted by atomic mass is 32.1. The van der Waals surface area contributed by atoms with E-state index in [0.717, 1.165) is 4.88 Å². The van der Waals surface area contributed by atoms with Crippen LogP contribution in [-0.2, 0) is 7.05 Å². The maximum atomic E-state index is 11.8. The number of hydrogen-bond donors (Lipinski definition) is 3. The van der Waals surface area contributed by atoms with Crippen LogP contribution in [0.2, 0.25) is 0 Å². The summed E-state index contributed by atoms with van der Waals surface area (Å²) in [7, 11) is 1.69. The third kappa shape index (κ3) is 3.78. The van der Waals surface area contributed by atoms with Gasteiger partial charge in [-0.05, 0) is 24.8 Å². The Morgan fingerprint density at radius 1 is 1.60 bits per heavy atom. The van der Waals surface area contributed by atoms with E-state index in [2.05, 4.69) is 20.7 Å². The lowest BCUT2D eigenvalue weighted by Crippen LogP contribution is -2.37. The van der Waals surface area contributed by atoms with E-state index in [9.17, 15) is 9.90 Å². The molecular formula is C12H17N5O2S. The normalized spacial score (nSPS) is 13.8. The number of urea groups is 1. The van der Waals surface area contributed by atoms with E-state index in [1.807, 2.05) is 24.4 Å². The number of anilines is 1. The summed E-state index contributed by atoms with van der Waals surface area (Å²) in [5.41, 5.74) is 0. The summed E-state index contributed by atoms with van der Waals surface area (Å²) in [6, 6.07) is 3.23. The van der Waals surface area contributed by atoms with Crippen molar-refractivity contribution < 1.29 is 9.90 Å². The van der Waals surface area contributed by atoms with Gasteiger partial charge in [-0.15, -0.1) is 11.3 Å². The minimum atomic E-state index is -0.569. The number of thiophene rings is 1. The number of aliphatic hydroxyl groups is 1. The van der Waals surface area contributed by atoms with Gasteiger partial charge >= 0.3 is 6.03 Å². The number of aryl methyl sites for hydroxylation is 1. The Bertz CT molecular complexity index is 554. The van der Waals surface area contributed by atoms with Gasteiger partial charge in [-0.25, -0.2) is 9.48 Å². The van der Waals surface area contributed by atoms with Crippen LogP contribution in [0.25, 0.3) is 0 Å². The van der Waals surface area contributed by atoms with Crippen LogP contribution >= 0.6 is 11.3 Å². The van der Waals surface area contributed by atoms with Crippen molar-refractivity contribution in [2.75, 3.05) is 5.32 Å². The molecule has 0 radical (unpaired) electrons. The van der Waals surface area contributed by atoms with Gasteiger partial charge in [0, 0.05) is 18.0 Å². The van der Waals surface area contributed by atoms with Gasteiger partial charge in [-0.3, -0.25) is 5.32 Å². The van der Waals surface area contributed by atoms with Crippen LogP contribution < -0.4 is 10.6 Å². The summed E-state index contributed by atoms with van der Waals surface area (Å²) in [5, 5.41) is 21.1. The van der Waals surface area contributed by atoms with Gasteiger partial charge in [-0.2, -0.15) is 10.1 Å². The van der Waals surface area contributed by atoms with Gasteiger partial charge in [0.15, 0.2) is 0 Å². The van der Waals surface area contributed by atoms with E-state index in [-0.39, 0.29) is 12.1 Å². The Balaban J connectivity index is 1.81. The molecule has 20 heavy (non-hydrogen) atoms. The Labute approximate surface area is 120 Å². The number of rotatable bonds is 5. The molecule has 8 heteroatoms. The van der Waals surface area contributed by atoms with Crippen LogP contribution in [-0.4, -0.2) is 31.9 Å². The molecule has 2 atom stereocenters. The van der Waals surface area contributed by atoms with Gasteiger partial charge in [0.05, 0.1) is 6.10 Å². The fraction of sp³-hybridized carbons (Fsp3) is 0.417. The summed E-state index contributed by atoms with van der Waals surface area (Å²) in [6.07, 6.45) is 1.24. The summed E-state index contributed by atoms with van der Waals surface area (Å²) < 4.78 is 1.46. The van der Waals surface area contributed by atoms with Crippen molar-refractivity contribution in [1.29, 1.82) is 0 Å². The third-order valence-electron chi connectivity index (χ3n) is 2.76. The SMILES string of the molecule is CC(CC(O)c1cccs1)NC(=O)Nc1ncnn1C. The maximum absolute atomic E-state index is 11.8. The molecule has 0 aromatic carbocycles. The predicted octanol–water partition coefficient (Wildman–Crippen LogP) is 1.51. The monoisotopic (exact) mass is 295 g/mol. The highest BCUT2D eigenvalue weighted by Gasteiger charge is 2.15. The van der Waals surface area contributed by atoms with Crippen molar-refractivity contribution in [2.45, 2.75) is 25.5 Å². The Hall–Kier alpha value is -1.93. The molecule has 2 rings (SSSR count). The average molecular weight is 295 g/mol. The summed E-state index contributed by atoms with van der Waals surface area (Å²) in [5.74, 6) is 0.369. The van der Waals surface area contributed by atoms with Gasteiger partial charge in [0.2, 0.25) is 5.95 Å². The molecule has 0 aliphatic heterocycles. The molecule has 2 amide bonds. The Kier molecular flexibility index (Phi) is 4.70. The van der Waals surface area contributed by atoms with Crippen LogP contribution in [0, 0.1) is 0 Å². The first-order valence-electron chi connectivity index (χ1n) is 6.19. The van der Waals surface area contributed by atoms with Crippen LogP contribution in [0.3, 0.4) is 0 Å². The molecule has 0 spiro atoms. The van der Waals surface area contributed by atoms with E-state index in [0.29, 0.717) is 12.4 Å². The summed E-state index contributed by atoms with van der Waals surface area (Å²) in [4.78, 5) is 16.6. The second-order valence-corrected chi connectivity index (χ2v) is 5.45. The van der Waals surface area contributed by atoms with Crippen molar-refractivity contribution in [3.8, 4) is 0 Å². The van der Waals surface area contributed by atoms with E-state index < -0.39 is 6.10 Å². The first-order chi connectivity index (χ1) is 9.56. The van der Waals surface area contributed by atoms with Crippen LogP contribution in [0.4, 0.5) is 10.7 Å². The molecule has 2 aromatic rings. The molecule has 108 valence electrons. The number of amides is 2. The lowest BCUT2D eigenvalue weighted by Gasteiger charge is -2.17.